The Morgan fingerprint density at radius 1 is 1.30 bits per heavy atom. The summed E-state index contributed by atoms with van der Waals surface area (Å²) in [6.45, 7) is 3.98. The summed E-state index contributed by atoms with van der Waals surface area (Å²) < 4.78 is 15.3. The Bertz CT molecular complexity index is 827. The minimum Gasteiger partial charge on any atom is -0.478 e. The molecule has 0 saturated heterocycles. The largest absolute Gasteiger partial charge is 0.478 e. The Morgan fingerprint density at radius 3 is 2.61 bits per heavy atom. The van der Waals surface area contributed by atoms with E-state index in [0.29, 0.717) is 6.54 Å². The van der Waals surface area contributed by atoms with Crippen LogP contribution in [-0.4, -0.2) is 28.1 Å². The molecule has 0 bridgehead atoms. The zero-order valence-corrected chi connectivity index (χ0v) is 12.8. The highest BCUT2D eigenvalue weighted by atomic mass is 19.1. The van der Waals surface area contributed by atoms with Gasteiger partial charge in [0.05, 0.1) is 11.1 Å². The first-order valence-electron chi connectivity index (χ1n) is 7.12. The van der Waals surface area contributed by atoms with Crippen LogP contribution in [0.3, 0.4) is 0 Å². The zero-order valence-electron chi connectivity index (χ0n) is 12.8. The number of aromatic carboxylic acids is 1. The number of amides is 1. The quantitative estimate of drug-likeness (QED) is 0.876. The van der Waals surface area contributed by atoms with Crippen LogP contribution in [0, 0.1) is 11.7 Å². The number of pyridine rings is 1. The molecule has 2 aromatic rings. The van der Waals surface area contributed by atoms with Gasteiger partial charge < -0.3 is 10.4 Å². The molecule has 2 rings (SSSR count). The number of carboxylic acids is 1. The van der Waals surface area contributed by atoms with Gasteiger partial charge in [-0.1, -0.05) is 13.8 Å². The number of carbonyl (C=O) groups excluding carboxylic acids is 1. The summed E-state index contributed by atoms with van der Waals surface area (Å²) in [5.41, 5.74) is -0.828. The van der Waals surface area contributed by atoms with Crippen molar-refractivity contribution in [1.29, 1.82) is 0 Å². The van der Waals surface area contributed by atoms with Gasteiger partial charge in [-0.15, -0.1) is 0 Å². The molecule has 0 aliphatic rings. The Morgan fingerprint density at radius 2 is 2.00 bits per heavy atom. The minimum atomic E-state index is -1.27. The van der Waals surface area contributed by atoms with Crippen LogP contribution < -0.4 is 10.9 Å². The fraction of sp³-hybridized carbons (Fsp3) is 0.312. The number of hydrogen-bond donors (Lipinski definition) is 2. The van der Waals surface area contributed by atoms with E-state index in [1.807, 2.05) is 13.8 Å². The summed E-state index contributed by atoms with van der Waals surface area (Å²) >= 11 is 0. The number of rotatable bonds is 5. The van der Waals surface area contributed by atoms with Gasteiger partial charge in [0.1, 0.15) is 12.4 Å². The SMILES string of the molecule is CC(C)CNC(=O)Cn1c(=O)ccc2cc(C(=O)O)cc(F)c21. The molecule has 7 heteroatoms. The predicted molar refractivity (Wildman–Crippen MR) is 83.0 cm³/mol. The van der Waals surface area contributed by atoms with Crippen molar-refractivity contribution in [3.63, 3.8) is 0 Å². The molecule has 122 valence electrons. The zero-order chi connectivity index (χ0) is 17.1. The summed E-state index contributed by atoms with van der Waals surface area (Å²) in [5, 5.41) is 11.9. The second-order valence-electron chi connectivity index (χ2n) is 5.66. The van der Waals surface area contributed by atoms with Crippen molar-refractivity contribution in [3.05, 3.63) is 46.0 Å². The van der Waals surface area contributed by atoms with E-state index in [0.717, 1.165) is 10.6 Å². The average Bonchev–Trinajstić information content (AvgIpc) is 2.47. The predicted octanol–water partition coefficient (Wildman–Crippen LogP) is 1.61. The van der Waals surface area contributed by atoms with Crippen molar-refractivity contribution in [2.75, 3.05) is 6.54 Å². The van der Waals surface area contributed by atoms with Crippen LogP contribution in [0.1, 0.15) is 24.2 Å². The lowest BCUT2D eigenvalue weighted by Crippen LogP contribution is -2.34. The molecular weight excluding hydrogens is 303 g/mol. The summed E-state index contributed by atoms with van der Waals surface area (Å²) in [4.78, 5) is 34.9. The molecule has 0 spiro atoms. The highest BCUT2D eigenvalue weighted by molar-refractivity contribution is 5.94. The van der Waals surface area contributed by atoms with E-state index < -0.39 is 23.3 Å². The van der Waals surface area contributed by atoms with Crippen molar-refractivity contribution in [2.45, 2.75) is 20.4 Å². The van der Waals surface area contributed by atoms with Gasteiger partial charge in [0.2, 0.25) is 5.91 Å². The summed E-state index contributed by atoms with van der Waals surface area (Å²) in [5.74, 6) is -2.28. The molecule has 0 fully saturated rings. The van der Waals surface area contributed by atoms with Gasteiger partial charge >= 0.3 is 5.97 Å². The van der Waals surface area contributed by atoms with E-state index in [-0.39, 0.29) is 28.9 Å². The maximum absolute atomic E-state index is 14.3. The Balaban J connectivity index is 2.47. The molecule has 0 radical (unpaired) electrons. The van der Waals surface area contributed by atoms with Crippen molar-refractivity contribution < 1.29 is 19.1 Å². The van der Waals surface area contributed by atoms with Crippen LogP contribution in [0.2, 0.25) is 0 Å². The van der Waals surface area contributed by atoms with Crippen molar-refractivity contribution in [1.82, 2.24) is 9.88 Å². The highest BCUT2D eigenvalue weighted by Crippen LogP contribution is 2.19. The Kier molecular flexibility index (Phi) is 4.78. The number of carbonyl (C=O) groups is 2. The smallest absolute Gasteiger partial charge is 0.335 e. The maximum Gasteiger partial charge on any atom is 0.335 e. The molecule has 0 atom stereocenters. The molecule has 0 aliphatic carbocycles. The third kappa shape index (κ3) is 3.74. The van der Waals surface area contributed by atoms with Crippen LogP contribution in [0.15, 0.2) is 29.1 Å². The van der Waals surface area contributed by atoms with Gasteiger partial charge in [-0.25, -0.2) is 9.18 Å². The first-order chi connectivity index (χ1) is 10.8. The lowest BCUT2D eigenvalue weighted by Gasteiger charge is -2.12. The first kappa shape index (κ1) is 16.7. The van der Waals surface area contributed by atoms with Crippen molar-refractivity contribution in [3.8, 4) is 0 Å². The van der Waals surface area contributed by atoms with Gasteiger partial charge in [0.25, 0.3) is 5.56 Å². The summed E-state index contributed by atoms with van der Waals surface area (Å²) in [7, 11) is 0. The van der Waals surface area contributed by atoms with Crippen molar-refractivity contribution >= 4 is 22.8 Å². The molecule has 1 aromatic carbocycles. The Labute approximate surface area is 131 Å². The summed E-state index contributed by atoms with van der Waals surface area (Å²) in [6, 6.07) is 4.63. The number of benzene rings is 1. The van der Waals surface area contributed by atoms with Gasteiger partial charge in [-0.2, -0.15) is 0 Å². The highest BCUT2D eigenvalue weighted by Gasteiger charge is 2.15. The van der Waals surface area contributed by atoms with Crippen LogP contribution in [0.5, 0.6) is 0 Å². The van der Waals surface area contributed by atoms with E-state index in [1.165, 1.54) is 18.2 Å². The third-order valence-electron chi connectivity index (χ3n) is 3.29. The maximum atomic E-state index is 14.3. The second kappa shape index (κ2) is 6.60. The number of carboxylic acid groups (broad SMARTS) is 1. The van der Waals surface area contributed by atoms with Crippen LogP contribution >= 0.6 is 0 Å². The number of halogens is 1. The fourth-order valence-electron chi connectivity index (χ4n) is 2.19. The normalized spacial score (nSPS) is 11.0. The number of aromatic nitrogens is 1. The van der Waals surface area contributed by atoms with E-state index >= 15 is 0 Å². The molecule has 2 N–H and O–H groups in total. The molecule has 6 nitrogen and oxygen atoms in total. The van der Waals surface area contributed by atoms with Crippen LogP contribution in [-0.2, 0) is 11.3 Å². The monoisotopic (exact) mass is 320 g/mol. The molecule has 1 heterocycles. The standard InChI is InChI=1S/C16H17FN2O4/c1-9(2)7-18-13(20)8-19-14(21)4-3-10-5-11(16(22)23)6-12(17)15(10)19/h3-6,9H,7-8H2,1-2H3,(H,18,20)(H,22,23). The first-order valence-corrected chi connectivity index (χ1v) is 7.12. The fourth-order valence-corrected chi connectivity index (χ4v) is 2.19. The lowest BCUT2D eigenvalue weighted by atomic mass is 10.1. The average molecular weight is 320 g/mol. The minimum absolute atomic E-state index is 0.0813. The van der Waals surface area contributed by atoms with Crippen LogP contribution in [0.4, 0.5) is 4.39 Å². The molecule has 0 aliphatic heterocycles. The topological polar surface area (TPSA) is 88.4 Å². The second-order valence-corrected chi connectivity index (χ2v) is 5.66. The molecular formula is C16H17FN2O4. The number of nitrogens with zero attached hydrogens (tertiary/aromatic N) is 1. The molecule has 0 unspecified atom stereocenters. The number of fused-ring (bicyclic) bond motifs is 1. The molecule has 23 heavy (non-hydrogen) atoms. The molecule has 1 amide bonds. The lowest BCUT2D eigenvalue weighted by molar-refractivity contribution is -0.121. The van der Waals surface area contributed by atoms with E-state index in [4.69, 9.17) is 5.11 Å². The Hall–Kier alpha value is -2.70. The van der Waals surface area contributed by atoms with Gasteiger partial charge in [0.15, 0.2) is 0 Å². The van der Waals surface area contributed by atoms with E-state index in [9.17, 15) is 18.8 Å². The third-order valence-corrected chi connectivity index (χ3v) is 3.29. The summed E-state index contributed by atoms with van der Waals surface area (Å²) in [6.07, 6.45) is 0. The van der Waals surface area contributed by atoms with Gasteiger partial charge in [-0.05, 0) is 24.1 Å². The number of nitrogens with one attached hydrogen (secondary N) is 1. The van der Waals surface area contributed by atoms with Gasteiger partial charge in [-0.3, -0.25) is 14.2 Å². The van der Waals surface area contributed by atoms with Gasteiger partial charge in [0, 0.05) is 18.0 Å². The molecule has 1 aromatic heterocycles. The number of hydrogen-bond acceptors (Lipinski definition) is 3. The van der Waals surface area contributed by atoms with E-state index in [1.54, 1.807) is 0 Å². The van der Waals surface area contributed by atoms with Crippen LogP contribution in [0.25, 0.3) is 10.9 Å². The molecule has 0 saturated carbocycles. The van der Waals surface area contributed by atoms with Crippen molar-refractivity contribution in [2.24, 2.45) is 5.92 Å². The van der Waals surface area contributed by atoms with E-state index in [2.05, 4.69) is 5.32 Å².